The van der Waals surface area contributed by atoms with Gasteiger partial charge in [-0.1, -0.05) is 194 Å². The van der Waals surface area contributed by atoms with Crippen LogP contribution in [-0.2, 0) is 23.7 Å². The van der Waals surface area contributed by atoms with Crippen LogP contribution >= 0.6 is 0 Å². The Kier molecular flexibility index (Phi) is 47.5. The highest BCUT2D eigenvalue weighted by Gasteiger charge is 2.19. The van der Waals surface area contributed by atoms with E-state index in [1.54, 1.807) is 0 Å². The highest BCUT2D eigenvalue weighted by Crippen LogP contribution is 2.40. The summed E-state index contributed by atoms with van der Waals surface area (Å²) in [4.78, 5) is 13.6. The van der Waals surface area contributed by atoms with Gasteiger partial charge in [0.2, 0.25) is 5.75 Å². The number of carbonyl (C=O) groups excluding carboxylic acids is 1. The van der Waals surface area contributed by atoms with Gasteiger partial charge in [-0.15, -0.1) is 0 Å². The van der Waals surface area contributed by atoms with Gasteiger partial charge in [-0.3, -0.25) is 4.79 Å². The first-order chi connectivity index (χ1) is 32.7. The number of amides is 1. The minimum Gasteiger partial charge on any atom is -0.490 e. The van der Waals surface area contributed by atoms with Crippen molar-refractivity contribution >= 4 is 5.91 Å². The number of carbonyl (C=O) groups is 1. The van der Waals surface area contributed by atoms with Crippen LogP contribution in [0.1, 0.15) is 224 Å². The van der Waals surface area contributed by atoms with Crippen LogP contribution in [0.3, 0.4) is 0 Å². The molecule has 0 aliphatic heterocycles. The first kappa shape index (κ1) is 61.9. The predicted octanol–water partition coefficient (Wildman–Crippen LogP) is 13.4. The lowest BCUT2D eigenvalue weighted by molar-refractivity contribution is -0.0130. The van der Waals surface area contributed by atoms with Crippen molar-refractivity contribution in [1.82, 2.24) is 5.32 Å². The van der Waals surface area contributed by atoms with Crippen molar-refractivity contribution in [2.45, 2.75) is 213 Å². The van der Waals surface area contributed by atoms with Crippen molar-refractivity contribution in [3.63, 3.8) is 0 Å². The van der Waals surface area contributed by atoms with Crippen LogP contribution in [-0.4, -0.2) is 110 Å². The summed E-state index contributed by atoms with van der Waals surface area (Å²) in [6.45, 7) is 13.3. The first-order valence-electron chi connectivity index (χ1n) is 27.5. The zero-order valence-corrected chi connectivity index (χ0v) is 43.1. The fourth-order valence-corrected chi connectivity index (χ4v) is 7.76. The van der Waals surface area contributed by atoms with E-state index < -0.39 is 0 Å². The van der Waals surface area contributed by atoms with Crippen LogP contribution < -0.4 is 19.5 Å². The molecule has 11 heteroatoms. The number of ether oxygens (including phenoxy) is 8. The molecule has 1 amide bonds. The van der Waals surface area contributed by atoms with Gasteiger partial charge >= 0.3 is 0 Å². The lowest BCUT2D eigenvalue weighted by atomic mass is 10.1. The molecule has 1 aromatic carbocycles. The van der Waals surface area contributed by atoms with E-state index in [2.05, 4.69) is 26.1 Å². The number of unbranched alkanes of at least 4 members (excludes halogenated alkanes) is 27. The van der Waals surface area contributed by atoms with E-state index >= 15 is 0 Å². The molecule has 0 radical (unpaired) electrons. The van der Waals surface area contributed by atoms with Crippen LogP contribution in [0.2, 0.25) is 0 Å². The lowest BCUT2D eigenvalue weighted by Gasteiger charge is -2.19. The number of nitrogens with one attached hydrogen (secondary N) is 1. The topological polar surface area (TPSA) is 123 Å². The van der Waals surface area contributed by atoms with E-state index in [4.69, 9.17) is 43.0 Å². The molecule has 1 aromatic rings. The van der Waals surface area contributed by atoms with Crippen LogP contribution in [0.25, 0.3) is 0 Å². The Bertz CT molecular complexity index is 1110. The van der Waals surface area contributed by atoms with Crippen molar-refractivity contribution in [3.05, 3.63) is 17.7 Å². The van der Waals surface area contributed by atoms with E-state index in [0.29, 0.717) is 115 Å². The second kappa shape index (κ2) is 50.7. The molecular formula is C55H103NO10. The third-order valence-corrected chi connectivity index (χ3v) is 11.8. The zero-order chi connectivity index (χ0) is 47.5. The maximum atomic E-state index is 13.6. The molecule has 66 heavy (non-hydrogen) atoms. The van der Waals surface area contributed by atoms with Crippen molar-refractivity contribution < 1.29 is 47.8 Å². The summed E-state index contributed by atoms with van der Waals surface area (Å²) in [6, 6.07) is 3.67. The smallest absolute Gasteiger partial charge is 0.251 e. The maximum absolute atomic E-state index is 13.6. The minimum absolute atomic E-state index is 0.0165. The maximum Gasteiger partial charge on any atom is 0.251 e. The Morgan fingerprint density at radius 3 is 1.00 bits per heavy atom. The first-order valence-corrected chi connectivity index (χ1v) is 27.5. The third-order valence-electron chi connectivity index (χ3n) is 11.8. The lowest BCUT2D eigenvalue weighted by Crippen LogP contribution is -2.28. The summed E-state index contributed by atoms with van der Waals surface area (Å²) in [5.41, 5.74) is 0.501. The van der Waals surface area contributed by atoms with Crippen molar-refractivity contribution in [2.75, 3.05) is 99.0 Å². The Labute approximate surface area is 405 Å². The average Bonchev–Trinajstić information content (AvgIpc) is 3.32. The largest absolute Gasteiger partial charge is 0.490 e. The highest BCUT2D eigenvalue weighted by atomic mass is 16.6. The zero-order valence-electron chi connectivity index (χ0n) is 43.1. The number of hydrogen-bond acceptors (Lipinski definition) is 10. The fourth-order valence-electron chi connectivity index (χ4n) is 7.76. The minimum atomic E-state index is -0.192. The second-order valence-electron chi connectivity index (χ2n) is 17.9. The molecule has 388 valence electrons. The van der Waals surface area contributed by atoms with Gasteiger partial charge in [-0.25, -0.2) is 0 Å². The molecule has 0 heterocycles. The van der Waals surface area contributed by atoms with Crippen molar-refractivity contribution in [2.24, 2.45) is 0 Å². The molecule has 0 aromatic heterocycles. The molecule has 1 rings (SSSR count). The SMILES string of the molecule is CCCCCCCCCCCCOc1cc(C(=O)NCCOCCOCCOCCOCCOCCO)cc(OCCCCCCCCCCCC)c1OCCCCCCCCCCCC. The molecule has 0 saturated carbocycles. The second-order valence-corrected chi connectivity index (χ2v) is 17.9. The molecule has 0 fully saturated rings. The van der Waals surface area contributed by atoms with E-state index in [1.165, 1.54) is 154 Å². The van der Waals surface area contributed by atoms with Gasteiger partial charge in [-0.05, 0) is 31.4 Å². The number of aliphatic hydroxyl groups excluding tert-OH is 1. The monoisotopic (exact) mass is 938 g/mol. The number of benzene rings is 1. The van der Waals surface area contributed by atoms with E-state index in [0.717, 1.165) is 38.5 Å². The van der Waals surface area contributed by atoms with Gasteiger partial charge in [0, 0.05) is 12.1 Å². The Morgan fingerprint density at radius 1 is 0.379 bits per heavy atom. The molecule has 0 aliphatic carbocycles. The van der Waals surface area contributed by atoms with Gasteiger partial charge in [0.05, 0.1) is 92.5 Å². The van der Waals surface area contributed by atoms with Crippen molar-refractivity contribution in [3.8, 4) is 17.2 Å². The molecule has 0 unspecified atom stereocenters. The van der Waals surface area contributed by atoms with Crippen molar-refractivity contribution in [1.29, 1.82) is 0 Å². The fraction of sp³-hybridized carbons (Fsp3) is 0.873. The summed E-state index contributed by atoms with van der Waals surface area (Å²) in [5, 5.41) is 11.7. The highest BCUT2D eigenvalue weighted by molar-refractivity contribution is 5.95. The molecule has 0 saturated heterocycles. The third kappa shape index (κ3) is 39.8. The summed E-state index contributed by atoms with van der Waals surface area (Å²) in [5.74, 6) is 1.63. The molecule has 0 atom stereocenters. The predicted molar refractivity (Wildman–Crippen MR) is 272 cm³/mol. The van der Waals surface area contributed by atoms with Crippen LogP contribution in [0.5, 0.6) is 17.2 Å². The molecule has 0 spiro atoms. The molecule has 0 aliphatic rings. The molecule has 0 bridgehead atoms. The summed E-state index contributed by atoms with van der Waals surface area (Å²) < 4.78 is 46.9. The Hall–Kier alpha value is -2.15. The standard InChI is InChI=1S/C55H103NO10/c1-4-7-10-13-16-19-22-25-28-31-36-64-52-49-51(55(58)56-34-39-59-41-43-61-45-47-63-48-46-62-44-42-60-40-35-57)50-53(65-37-32-29-26-23-20-17-14-11-8-5-2)54(52)66-38-33-30-27-24-21-18-15-12-9-6-3/h49-50,57H,4-48H2,1-3H3,(H,56,58). The van der Waals surface area contributed by atoms with E-state index in [9.17, 15) is 4.79 Å². The van der Waals surface area contributed by atoms with Crippen LogP contribution in [0.4, 0.5) is 0 Å². The summed E-state index contributed by atoms with van der Waals surface area (Å²) in [7, 11) is 0. The molecule has 11 nitrogen and oxygen atoms in total. The summed E-state index contributed by atoms with van der Waals surface area (Å²) >= 11 is 0. The van der Waals surface area contributed by atoms with Crippen LogP contribution in [0, 0.1) is 0 Å². The normalized spacial score (nSPS) is 11.4. The van der Waals surface area contributed by atoms with E-state index in [1.807, 2.05) is 12.1 Å². The molecule has 2 N–H and O–H groups in total. The quantitative estimate of drug-likeness (QED) is 0.0610. The Balaban J connectivity index is 2.77. The summed E-state index contributed by atoms with van der Waals surface area (Å²) in [6.07, 6.45) is 37.9. The van der Waals surface area contributed by atoms with Crippen LogP contribution in [0.15, 0.2) is 12.1 Å². The van der Waals surface area contributed by atoms with Gasteiger partial charge in [-0.2, -0.15) is 0 Å². The van der Waals surface area contributed by atoms with Gasteiger partial charge in [0.1, 0.15) is 0 Å². The van der Waals surface area contributed by atoms with Gasteiger partial charge in [0.15, 0.2) is 11.5 Å². The van der Waals surface area contributed by atoms with Gasteiger partial charge in [0.25, 0.3) is 5.91 Å². The molecular weight excluding hydrogens is 835 g/mol. The van der Waals surface area contributed by atoms with Gasteiger partial charge < -0.3 is 48.3 Å². The number of aliphatic hydroxyl groups is 1. The van der Waals surface area contributed by atoms with E-state index in [-0.39, 0.29) is 12.5 Å². The Morgan fingerprint density at radius 2 is 0.667 bits per heavy atom. The number of rotatable bonds is 54. The average molecular weight is 938 g/mol. The number of hydrogen-bond donors (Lipinski definition) is 2.